The average Bonchev–Trinajstić information content (AvgIpc) is 2.89. The minimum atomic E-state index is -1.56. The molecule has 0 radical (unpaired) electrons. The standard InChI is InChI=1S/C20H18O5/c1-18(9-21)13-5-6-19(2)14(13)8-15-16(23)12-7-10(22)3-4-11(12)17(24)20(15,18)25-19/h3-4,7-9,13-14,22H,5-6H2,1-2H3/t13-,14-,18-,19+,20-/m1/s1. The summed E-state index contributed by atoms with van der Waals surface area (Å²) in [4.78, 5) is 38.9. The van der Waals surface area contributed by atoms with E-state index in [1.165, 1.54) is 18.2 Å². The van der Waals surface area contributed by atoms with Gasteiger partial charge in [-0.15, -0.1) is 0 Å². The molecule has 0 amide bonds. The van der Waals surface area contributed by atoms with Crippen molar-refractivity contribution in [3.05, 3.63) is 41.0 Å². The molecule has 1 saturated carbocycles. The van der Waals surface area contributed by atoms with Crippen molar-refractivity contribution in [1.82, 2.24) is 0 Å². The Labute approximate surface area is 144 Å². The van der Waals surface area contributed by atoms with E-state index in [1.807, 2.05) is 13.0 Å². The molecule has 0 unspecified atom stereocenters. The maximum absolute atomic E-state index is 13.6. The number of fused-ring (bicyclic) bond motifs is 1. The van der Waals surface area contributed by atoms with Crippen molar-refractivity contribution in [2.75, 3.05) is 0 Å². The number of carbonyl (C=O) groups excluding carboxylic acids is 3. The monoisotopic (exact) mass is 338 g/mol. The zero-order valence-electron chi connectivity index (χ0n) is 14.0. The zero-order valence-corrected chi connectivity index (χ0v) is 14.0. The van der Waals surface area contributed by atoms with Gasteiger partial charge in [-0.05, 0) is 50.8 Å². The van der Waals surface area contributed by atoms with Crippen LogP contribution in [0.15, 0.2) is 29.8 Å². The van der Waals surface area contributed by atoms with Crippen molar-refractivity contribution >= 4 is 17.9 Å². The second-order valence-electron chi connectivity index (χ2n) is 8.14. The number of carbonyl (C=O) groups is 3. The second kappa shape index (κ2) is 4.10. The van der Waals surface area contributed by atoms with Gasteiger partial charge in [-0.25, -0.2) is 0 Å². The van der Waals surface area contributed by atoms with Gasteiger partial charge < -0.3 is 14.6 Å². The summed E-state index contributed by atoms with van der Waals surface area (Å²) < 4.78 is 6.40. The number of ketones is 2. The Morgan fingerprint density at radius 2 is 2.00 bits per heavy atom. The van der Waals surface area contributed by atoms with Gasteiger partial charge in [-0.3, -0.25) is 9.59 Å². The van der Waals surface area contributed by atoms with Gasteiger partial charge in [0.05, 0.1) is 11.0 Å². The fraction of sp³-hybridized carbons (Fsp3) is 0.450. The Kier molecular flexibility index (Phi) is 2.46. The summed E-state index contributed by atoms with van der Waals surface area (Å²) in [6.07, 6.45) is 4.26. The first-order valence-corrected chi connectivity index (χ1v) is 8.60. The molecule has 5 heteroatoms. The van der Waals surface area contributed by atoms with Crippen molar-refractivity contribution in [2.45, 2.75) is 37.9 Å². The molecular weight excluding hydrogens is 320 g/mol. The summed E-state index contributed by atoms with van der Waals surface area (Å²) in [6, 6.07) is 4.16. The molecule has 2 heterocycles. The molecule has 5 nitrogen and oxygen atoms in total. The van der Waals surface area contributed by atoms with E-state index >= 15 is 0 Å². The SMILES string of the molecule is C[C@]12CC[C@@H]3[C@H]1C=C1C(=O)c4cc(O)ccc4C(=O)[C@@]1(O2)[C@]3(C)C=O. The third-order valence-corrected chi connectivity index (χ3v) is 7.03. The minimum absolute atomic E-state index is 0.0112. The first-order valence-electron chi connectivity index (χ1n) is 8.60. The topological polar surface area (TPSA) is 80.7 Å². The van der Waals surface area contributed by atoms with Gasteiger partial charge in [0.15, 0.2) is 11.4 Å². The number of Topliss-reactive ketones (excluding diaryl/α,β-unsaturated/α-hetero) is 2. The quantitative estimate of drug-likeness (QED) is 0.796. The molecule has 25 heavy (non-hydrogen) atoms. The normalized spacial score (nSPS) is 43.5. The molecule has 2 aliphatic heterocycles. The molecular formula is C20H18O5. The van der Waals surface area contributed by atoms with Crippen LogP contribution in [0.2, 0.25) is 0 Å². The second-order valence-corrected chi connectivity index (χ2v) is 8.14. The third-order valence-electron chi connectivity index (χ3n) is 7.03. The van der Waals surface area contributed by atoms with E-state index in [-0.39, 0.29) is 45.9 Å². The van der Waals surface area contributed by atoms with Crippen LogP contribution >= 0.6 is 0 Å². The molecule has 5 aliphatic rings. The maximum Gasteiger partial charge on any atom is 0.201 e. The van der Waals surface area contributed by atoms with Crippen LogP contribution in [0.25, 0.3) is 0 Å². The number of phenolic OH excluding ortho intramolecular Hbond substituents is 1. The number of aldehydes is 1. The van der Waals surface area contributed by atoms with E-state index in [0.717, 1.165) is 19.1 Å². The van der Waals surface area contributed by atoms with Crippen molar-refractivity contribution in [1.29, 1.82) is 0 Å². The molecule has 128 valence electrons. The minimum Gasteiger partial charge on any atom is -0.508 e. The highest BCUT2D eigenvalue weighted by Crippen LogP contribution is 2.68. The molecule has 1 spiro atoms. The van der Waals surface area contributed by atoms with E-state index < -0.39 is 16.6 Å². The van der Waals surface area contributed by atoms with E-state index in [1.54, 1.807) is 6.92 Å². The lowest BCUT2D eigenvalue weighted by Gasteiger charge is -2.61. The van der Waals surface area contributed by atoms with Crippen molar-refractivity contribution in [2.24, 2.45) is 17.3 Å². The highest BCUT2D eigenvalue weighted by atomic mass is 16.5. The van der Waals surface area contributed by atoms with Crippen LogP contribution in [0, 0.1) is 17.3 Å². The Morgan fingerprint density at radius 1 is 1.24 bits per heavy atom. The smallest absolute Gasteiger partial charge is 0.201 e. The van der Waals surface area contributed by atoms with Crippen LogP contribution in [-0.4, -0.2) is 34.2 Å². The molecule has 2 fully saturated rings. The van der Waals surface area contributed by atoms with Crippen LogP contribution in [-0.2, 0) is 9.53 Å². The van der Waals surface area contributed by atoms with E-state index in [4.69, 9.17) is 4.74 Å². The summed E-state index contributed by atoms with van der Waals surface area (Å²) in [5.74, 6) is -0.813. The Morgan fingerprint density at radius 3 is 2.72 bits per heavy atom. The molecule has 0 aromatic heterocycles. The largest absolute Gasteiger partial charge is 0.508 e. The third kappa shape index (κ3) is 1.36. The predicted octanol–water partition coefficient (Wildman–Crippen LogP) is 2.47. The molecule has 5 atom stereocenters. The first-order chi connectivity index (χ1) is 11.8. The van der Waals surface area contributed by atoms with Crippen molar-refractivity contribution in [3.8, 4) is 5.75 Å². The highest BCUT2D eigenvalue weighted by Gasteiger charge is 2.76. The van der Waals surface area contributed by atoms with Gasteiger partial charge in [-0.2, -0.15) is 0 Å². The van der Waals surface area contributed by atoms with E-state index in [2.05, 4.69) is 0 Å². The molecule has 4 bridgehead atoms. The van der Waals surface area contributed by atoms with Crippen LogP contribution in [0.1, 0.15) is 47.4 Å². The molecule has 1 aromatic rings. The molecule has 1 aromatic carbocycles. The molecule has 6 rings (SSSR count). The van der Waals surface area contributed by atoms with Gasteiger partial charge in [0, 0.05) is 22.6 Å². The van der Waals surface area contributed by atoms with Gasteiger partial charge in [0.2, 0.25) is 5.78 Å². The number of hydrogen-bond donors (Lipinski definition) is 1. The Balaban J connectivity index is 1.87. The van der Waals surface area contributed by atoms with E-state index in [9.17, 15) is 19.5 Å². The maximum atomic E-state index is 13.6. The fourth-order valence-electron chi connectivity index (χ4n) is 5.73. The van der Waals surface area contributed by atoms with E-state index in [0.29, 0.717) is 0 Å². The van der Waals surface area contributed by atoms with Gasteiger partial charge in [0.25, 0.3) is 0 Å². The van der Waals surface area contributed by atoms with Crippen LogP contribution in [0.5, 0.6) is 5.75 Å². The van der Waals surface area contributed by atoms with Crippen molar-refractivity contribution in [3.63, 3.8) is 0 Å². The first kappa shape index (κ1) is 15.0. The zero-order chi connectivity index (χ0) is 17.8. The Bertz CT molecular complexity index is 915. The van der Waals surface area contributed by atoms with Gasteiger partial charge in [-0.1, -0.05) is 6.08 Å². The predicted molar refractivity (Wildman–Crippen MR) is 87.5 cm³/mol. The summed E-state index contributed by atoms with van der Waals surface area (Å²) >= 11 is 0. The molecule has 1 saturated heterocycles. The van der Waals surface area contributed by atoms with Crippen LogP contribution in [0.4, 0.5) is 0 Å². The number of rotatable bonds is 1. The lowest BCUT2D eigenvalue weighted by atomic mass is 9.49. The summed E-state index contributed by atoms with van der Waals surface area (Å²) in [5.41, 5.74) is -2.48. The van der Waals surface area contributed by atoms with Gasteiger partial charge in [0.1, 0.15) is 12.0 Å². The van der Waals surface area contributed by atoms with Crippen LogP contribution in [0.3, 0.4) is 0 Å². The van der Waals surface area contributed by atoms with Gasteiger partial charge >= 0.3 is 0 Å². The number of benzene rings is 1. The van der Waals surface area contributed by atoms with Crippen LogP contribution < -0.4 is 0 Å². The fourth-order valence-corrected chi connectivity index (χ4v) is 5.73. The summed E-state index contributed by atoms with van der Waals surface area (Å²) in [7, 11) is 0. The lowest BCUT2D eigenvalue weighted by molar-refractivity contribution is -0.219. The summed E-state index contributed by atoms with van der Waals surface area (Å²) in [6.45, 7) is 3.73. The molecule has 3 aliphatic carbocycles. The Hall–Kier alpha value is -2.27. The number of aromatic hydroxyl groups is 1. The number of hydrogen-bond acceptors (Lipinski definition) is 5. The highest BCUT2D eigenvalue weighted by molar-refractivity contribution is 6.28. The average molecular weight is 338 g/mol. The number of phenols is 1. The summed E-state index contributed by atoms with van der Waals surface area (Å²) in [5, 5.41) is 9.73. The lowest BCUT2D eigenvalue weighted by Crippen LogP contribution is -2.72. The number of ether oxygens (including phenoxy) is 1. The molecule has 1 N–H and O–H groups in total. The van der Waals surface area contributed by atoms with Crippen molar-refractivity contribution < 1.29 is 24.2 Å².